The third-order valence-corrected chi connectivity index (χ3v) is 13.2. The third kappa shape index (κ3) is 2.48. The van der Waals surface area contributed by atoms with Gasteiger partial charge in [0.25, 0.3) is 0 Å². The average molecular weight is 256 g/mol. The molecule has 0 aliphatic rings. The SMILES string of the molecule is CC[As](=S)(CC)c1ccc(C)cc1. The van der Waals surface area contributed by atoms with Crippen LogP contribution in [-0.4, -0.2) is 11.9 Å². The van der Waals surface area contributed by atoms with Gasteiger partial charge in [-0.05, 0) is 0 Å². The zero-order valence-electron chi connectivity index (χ0n) is 8.58. The first kappa shape index (κ1) is 11.1. The minimum absolute atomic E-state index is 1.20. The van der Waals surface area contributed by atoms with Crippen LogP contribution in [0.1, 0.15) is 19.4 Å². The van der Waals surface area contributed by atoms with Crippen molar-refractivity contribution in [2.45, 2.75) is 31.2 Å². The fraction of sp³-hybridized carbons (Fsp3) is 0.455. The van der Waals surface area contributed by atoms with Crippen molar-refractivity contribution in [1.29, 1.82) is 0 Å². The Balaban J connectivity index is 3.07. The zero-order chi connectivity index (χ0) is 9.90. The molecule has 72 valence electrons. The van der Waals surface area contributed by atoms with Gasteiger partial charge in [-0.1, -0.05) is 0 Å². The van der Waals surface area contributed by atoms with Gasteiger partial charge in [-0.25, -0.2) is 0 Å². The molecular weight excluding hydrogens is 239 g/mol. The third-order valence-electron chi connectivity index (χ3n) is 2.53. The van der Waals surface area contributed by atoms with Gasteiger partial charge in [0.2, 0.25) is 0 Å². The maximum absolute atomic E-state index is 5.79. The van der Waals surface area contributed by atoms with Crippen LogP contribution in [0, 0.1) is 6.92 Å². The average Bonchev–Trinajstić information content (AvgIpc) is 2.18. The summed E-state index contributed by atoms with van der Waals surface area (Å²) in [5, 5.41) is 2.40. The fourth-order valence-electron chi connectivity index (χ4n) is 1.41. The van der Waals surface area contributed by atoms with Gasteiger partial charge in [-0.3, -0.25) is 0 Å². The number of aryl methyl sites for hydroxylation is 1. The van der Waals surface area contributed by atoms with Crippen molar-refractivity contribution in [3.8, 4) is 0 Å². The van der Waals surface area contributed by atoms with Crippen LogP contribution >= 0.6 is 10.4 Å². The van der Waals surface area contributed by atoms with E-state index in [1.807, 2.05) is 0 Å². The molecule has 1 aromatic rings. The van der Waals surface area contributed by atoms with Crippen molar-refractivity contribution in [3.63, 3.8) is 0 Å². The van der Waals surface area contributed by atoms with E-state index >= 15 is 0 Å². The Hall–Kier alpha value is -0.00156. The number of benzene rings is 1. The van der Waals surface area contributed by atoms with E-state index in [-0.39, 0.29) is 0 Å². The molecule has 0 aliphatic heterocycles. The summed E-state index contributed by atoms with van der Waals surface area (Å²) in [7, 11) is 5.79. The summed E-state index contributed by atoms with van der Waals surface area (Å²) < 4.78 is 1.46. The van der Waals surface area contributed by atoms with Crippen LogP contribution in [0.25, 0.3) is 0 Å². The molecule has 0 spiro atoms. The molecule has 0 radical (unpaired) electrons. The Morgan fingerprint density at radius 2 is 1.54 bits per heavy atom. The van der Waals surface area contributed by atoms with Crippen LogP contribution in [-0.2, 0) is 0 Å². The summed E-state index contributed by atoms with van der Waals surface area (Å²) in [6, 6.07) is 8.84. The molecule has 0 aromatic heterocycles. The van der Waals surface area contributed by atoms with Crippen LogP contribution in [0.5, 0.6) is 0 Å². The first-order chi connectivity index (χ1) is 6.12. The van der Waals surface area contributed by atoms with E-state index in [0.29, 0.717) is 0 Å². The zero-order valence-corrected chi connectivity index (χ0v) is 11.3. The molecule has 0 saturated carbocycles. The summed E-state index contributed by atoms with van der Waals surface area (Å²) in [5.41, 5.74) is 1.33. The molecule has 0 saturated heterocycles. The molecule has 0 N–H and O–H groups in total. The standard InChI is InChI=1S/C11H17AsS/c1-4-12(13,5-2)11-8-6-10(3)7-9-11/h6-9H,4-5H2,1-3H3. The second-order valence-electron chi connectivity index (χ2n) is 3.36. The van der Waals surface area contributed by atoms with Crippen molar-refractivity contribution in [1.82, 2.24) is 0 Å². The number of hydrogen-bond donors (Lipinski definition) is 0. The molecule has 0 fully saturated rings. The van der Waals surface area contributed by atoms with E-state index in [1.54, 1.807) is 0 Å². The molecule has 0 aliphatic carbocycles. The Kier molecular flexibility index (Phi) is 3.82. The van der Waals surface area contributed by atoms with E-state index in [9.17, 15) is 0 Å². The Bertz CT molecular complexity index is 305. The fourth-order valence-corrected chi connectivity index (χ4v) is 5.96. The van der Waals surface area contributed by atoms with Crippen LogP contribution in [0.2, 0.25) is 10.4 Å². The van der Waals surface area contributed by atoms with Crippen molar-refractivity contribution < 1.29 is 0 Å². The molecule has 13 heavy (non-hydrogen) atoms. The van der Waals surface area contributed by atoms with Gasteiger partial charge in [-0.15, -0.1) is 0 Å². The van der Waals surface area contributed by atoms with E-state index in [4.69, 9.17) is 10.4 Å². The molecule has 1 aromatic carbocycles. The van der Waals surface area contributed by atoms with Crippen LogP contribution < -0.4 is 4.35 Å². The summed E-state index contributed by atoms with van der Waals surface area (Å²) in [4.78, 5) is 0. The van der Waals surface area contributed by atoms with Gasteiger partial charge in [0.15, 0.2) is 0 Å². The van der Waals surface area contributed by atoms with Gasteiger partial charge in [-0.2, -0.15) is 0 Å². The van der Waals surface area contributed by atoms with Crippen LogP contribution in [0.15, 0.2) is 24.3 Å². The Morgan fingerprint density at radius 3 is 1.92 bits per heavy atom. The minimum atomic E-state index is -1.86. The molecule has 1 rings (SSSR count). The first-order valence-corrected chi connectivity index (χ1v) is 11.0. The van der Waals surface area contributed by atoms with Crippen molar-refractivity contribution in [2.75, 3.05) is 0 Å². The molecule has 0 unspecified atom stereocenters. The van der Waals surface area contributed by atoms with E-state index in [2.05, 4.69) is 45.0 Å². The van der Waals surface area contributed by atoms with Crippen LogP contribution in [0.3, 0.4) is 0 Å². The monoisotopic (exact) mass is 256 g/mol. The molecule has 0 heterocycles. The van der Waals surface area contributed by atoms with Gasteiger partial charge in [0, 0.05) is 0 Å². The Labute approximate surface area is 87.6 Å². The second-order valence-corrected chi connectivity index (χ2v) is 14.5. The number of rotatable bonds is 3. The van der Waals surface area contributed by atoms with Crippen molar-refractivity contribution in [3.05, 3.63) is 29.8 Å². The molecule has 0 atom stereocenters. The first-order valence-electron chi connectivity index (χ1n) is 4.77. The second kappa shape index (κ2) is 4.48. The predicted octanol–water partition coefficient (Wildman–Crippen LogP) is 3.38. The normalized spacial score (nSPS) is 11.6. The van der Waals surface area contributed by atoms with Gasteiger partial charge in [0.05, 0.1) is 0 Å². The van der Waals surface area contributed by atoms with Crippen LogP contribution in [0.4, 0.5) is 0 Å². The summed E-state index contributed by atoms with van der Waals surface area (Å²) in [6.07, 6.45) is 0. The van der Waals surface area contributed by atoms with Crippen molar-refractivity contribution in [2.24, 2.45) is 0 Å². The maximum atomic E-state index is 5.79. The molecule has 0 nitrogen and oxygen atoms in total. The van der Waals surface area contributed by atoms with Gasteiger partial charge >= 0.3 is 87.6 Å². The molecule has 2 heteroatoms. The molecule has 0 bridgehead atoms. The van der Waals surface area contributed by atoms with Gasteiger partial charge in [0.1, 0.15) is 0 Å². The van der Waals surface area contributed by atoms with Gasteiger partial charge < -0.3 is 0 Å². The number of hydrogen-bond acceptors (Lipinski definition) is 1. The molecular formula is C11H17AsS. The topological polar surface area (TPSA) is 0 Å². The Morgan fingerprint density at radius 1 is 1.08 bits per heavy atom. The predicted molar refractivity (Wildman–Crippen MR) is 65.1 cm³/mol. The summed E-state index contributed by atoms with van der Waals surface area (Å²) >= 11 is -1.86. The molecule has 0 amide bonds. The quantitative estimate of drug-likeness (QED) is 0.747. The summed E-state index contributed by atoms with van der Waals surface area (Å²) in [6.45, 7) is 6.60. The van der Waals surface area contributed by atoms with Crippen molar-refractivity contribution >= 4 is 26.6 Å². The van der Waals surface area contributed by atoms with E-state index in [1.165, 1.54) is 20.3 Å². The van der Waals surface area contributed by atoms with E-state index < -0.39 is 11.9 Å². The summed E-state index contributed by atoms with van der Waals surface area (Å²) in [5.74, 6) is 0. The van der Waals surface area contributed by atoms with E-state index in [0.717, 1.165) is 0 Å².